The fourth-order valence-electron chi connectivity index (χ4n) is 6.95. The number of aromatic amines is 1. The Bertz CT molecular complexity index is 2220. The summed E-state index contributed by atoms with van der Waals surface area (Å²) in [5, 5.41) is 15.1. The van der Waals surface area contributed by atoms with Gasteiger partial charge in [0.05, 0.1) is 36.8 Å². The Morgan fingerprint density at radius 1 is 1.05 bits per heavy atom. The molecule has 17 heteroatoms. The minimum atomic E-state index is -5.00. The van der Waals surface area contributed by atoms with Crippen LogP contribution in [0.3, 0.4) is 0 Å². The molecule has 1 aliphatic carbocycles. The Balaban J connectivity index is 1.45. The van der Waals surface area contributed by atoms with E-state index < -0.39 is 88.8 Å². The van der Waals surface area contributed by atoms with Gasteiger partial charge in [-0.3, -0.25) is 38.4 Å². The van der Waals surface area contributed by atoms with Crippen molar-refractivity contribution in [1.29, 1.82) is 0 Å². The van der Waals surface area contributed by atoms with Crippen molar-refractivity contribution in [3.05, 3.63) is 115 Å². The van der Waals surface area contributed by atoms with Crippen LogP contribution in [-0.4, -0.2) is 68.6 Å². The number of benzene rings is 2. The van der Waals surface area contributed by atoms with E-state index in [4.69, 9.17) is 4.74 Å². The third-order valence-corrected chi connectivity index (χ3v) is 10.0. The zero-order valence-corrected chi connectivity index (χ0v) is 30.6. The number of aliphatic hydroxyl groups excluding tert-OH is 1. The predicted molar refractivity (Wildman–Crippen MR) is 191 cm³/mol. The molecule has 2 aromatic heterocycles. The Hall–Kier alpha value is -5.16. The van der Waals surface area contributed by atoms with Crippen molar-refractivity contribution >= 4 is 11.9 Å². The van der Waals surface area contributed by atoms with Crippen molar-refractivity contribution in [1.82, 2.24) is 24.6 Å². The Kier molecular flexibility index (Phi) is 11.9. The summed E-state index contributed by atoms with van der Waals surface area (Å²) in [5.74, 6) is -3.62. The number of H-pyrrole nitrogens is 1. The van der Waals surface area contributed by atoms with Gasteiger partial charge in [-0.25, -0.2) is 13.2 Å². The summed E-state index contributed by atoms with van der Waals surface area (Å²) in [6, 6.07) is 2.54. The zero-order valence-electron chi connectivity index (χ0n) is 30.6. The van der Waals surface area contributed by atoms with Gasteiger partial charge in [0.1, 0.15) is 23.8 Å². The fourth-order valence-corrected chi connectivity index (χ4v) is 6.95. The molecule has 0 bridgehead atoms. The number of aliphatic hydroxyl groups is 1. The summed E-state index contributed by atoms with van der Waals surface area (Å²) in [5.41, 5.74) is -3.77. The Morgan fingerprint density at radius 2 is 1.79 bits per heavy atom. The van der Waals surface area contributed by atoms with Crippen LogP contribution < -0.4 is 16.4 Å². The lowest BCUT2D eigenvalue weighted by Gasteiger charge is -2.34. The number of ether oxygens (including phenoxy) is 1. The van der Waals surface area contributed by atoms with Crippen molar-refractivity contribution in [3.8, 4) is 11.1 Å². The number of likely N-dealkylation sites (tertiary alicyclic amines) is 1. The van der Waals surface area contributed by atoms with Crippen LogP contribution in [0.25, 0.3) is 11.1 Å². The van der Waals surface area contributed by atoms with E-state index in [0.29, 0.717) is 17.0 Å². The smallest absolute Gasteiger partial charge is 0.416 e. The molecule has 1 saturated heterocycles. The number of nitrogens with one attached hydrogen (secondary N) is 2. The number of hydrogen-bond donors (Lipinski definition) is 3. The molecule has 300 valence electrons. The highest BCUT2D eigenvalue weighted by molar-refractivity contribution is 5.85. The van der Waals surface area contributed by atoms with Gasteiger partial charge in [0.25, 0.3) is 11.1 Å². The molecule has 11 nitrogen and oxygen atoms in total. The SMILES string of the molecule is CCOC(=O)C[C@H](NC(=O)C(c1cc(CO)ccc1F)n1cc(CCN2CC(F)C2)c(C(F)(F)F)cc1=O)c1cc(-c2cn(CC3CC3)[nH]c2=O)cc(C)c1F. The van der Waals surface area contributed by atoms with E-state index in [0.717, 1.165) is 31.2 Å². The number of pyridine rings is 1. The van der Waals surface area contributed by atoms with Crippen LogP contribution in [0.1, 0.15) is 71.7 Å². The van der Waals surface area contributed by atoms with Gasteiger partial charge in [-0.05, 0) is 85.5 Å². The molecular weight excluding hydrogens is 748 g/mol. The third-order valence-electron chi connectivity index (χ3n) is 10.0. The maximum absolute atomic E-state index is 16.1. The number of alkyl halides is 4. The molecule has 2 aromatic carbocycles. The average molecular weight is 790 g/mol. The number of halogens is 6. The first-order valence-corrected chi connectivity index (χ1v) is 18.2. The molecule has 6 rings (SSSR count). The average Bonchev–Trinajstić information content (AvgIpc) is 3.87. The highest BCUT2D eigenvalue weighted by Crippen LogP contribution is 2.35. The maximum Gasteiger partial charge on any atom is 0.416 e. The first-order chi connectivity index (χ1) is 26.6. The molecule has 1 saturated carbocycles. The molecule has 0 radical (unpaired) electrons. The molecule has 56 heavy (non-hydrogen) atoms. The number of aryl methyl sites for hydroxylation is 1. The summed E-state index contributed by atoms with van der Waals surface area (Å²) in [7, 11) is 0. The number of carbonyl (C=O) groups is 2. The highest BCUT2D eigenvalue weighted by atomic mass is 19.4. The summed E-state index contributed by atoms with van der Waals surface area (Å²) in [4.78, 5) is 55.6. The van der Waals surface area contributed by atoms with Gasteiger partial charge in [0.2, 0.25) is 5.91 Å². The minimum Gasteiger partial charge on any atom is -0.466 e. The number of carbonyl (C=O) groups excluding carboxylic acids is 2. The van der Waals surface area contributed by atoms with Gasteiger partial charge < -0.3 is 15.2 Å². The van der Waals surface area contributed by atoms with Crippen LogP contribution in [0.5, 0.6) is 0 Å². The maximum atomic E-state index is 16.1. The van der Waals surface area contributed by atoms with Gasteiger partial charge in [0.15, 0.2) is 0 Å². The van der Waals surface area contributed by atoms with Gasteiger partial charge >= 0.3 is 12.1 Å². The molecule has 0 spiro atoms. The molecule has 3 heterocycles. The van der Waals surface area contributed by atoms with Gasteiger partial charge in [-0.15, -0.1) is 0 Å². The van der Waals surface area contributed by atoms with Crippen LogP contribution in [0.4, 0.5) is 26.3 Å². The lowest BCUT2D eigenvalue weighted by molar-refractivity contribution is -0.144. The van der Waals surface area contributed by atoms with Crippen molar-refractivity contribution in [2.24, 2.45) is 5.92 Å². The van der Waals surface area contributed by atoms with E-state index in [2.05, 4.69) is 10.4 Å². The van der Waals surface area contributed by atoms with E-state index in [1.54, 1.807) is 15.8 Å². The molecule has 4 aromatic rings. The molecule has 2 fully saturated rings. The van der Waals surface area contributed by atoms with E-state index in [9.17, 15) is 41.8 Å². The van der Waals surface area contributed by atoms with Crippen molar-refractivity contribution in [2.75, 3.05) is 26.2 Å². The van der Waals surface area contributed by atoms with E-state index in [1.165, 1.54) is 32.0 Å². The van der Waals surface area contributed by atoms with E-state index in [-0.39, 0.29) is 66.5 Å². The first-order valence-electron chi connectivity index (χ1n) is 18.2. The standard InChI is InChI=1S/C39H41F6N5O6/c1-3-56-34(53)14-32(28-12-25(10-21(2)35(28)42)29-19-49(47-37(29)54)15-22-4-5-22)46-38(55)36(27-11-23(20-51)6-7-31(27)41)50-16-24(8-9-48-17-26(40)18-48)30(13-33(50)52)39(43,44)45/h6-7,10-13,16,19,22,26,32,36,51H,3-5,8-9,14-15,17-18,20H2,1-2H3,(H,46,55)(H,47,54)/t32-,36?/m0/s1. The Morgan fingerprint density at radius 3 is 2.43 bits per heavy atom. The van der Waals surface area contributed by atoms with Crippen molar-refractivity contribution in [3.63, 3.8) is 0 Å². The summed E-state index contributed by atoms with van der Waals surface area (Å²) in [6.45, 7) is 2.78. The molecule has 1 amide bonds. The predicted octanol–water partition coefficient (Wildman–Crippen LogP) is 5.11. The number of aromatic nitrogens is 3. The number of amides is 1. The zero-order chi connectivity index (χ0) is 40.5. The van der Waals surface area contributed by atoms with Gasteiger partial charge in [-0.1, -0.05) is 6.07 Å². The molecule has 1 unspecified atom stereocenters. The lowest BCUT2D eigenvalue weighted by Crippen LogP contribution is -2.49. The molecule has 2 aliphatic rings. The number of nitrogens with zero attached hydrogens (tertiary/aromatic N) is 3. The quantitative estimate of drug-likeness (QED) is 0.113. The number of esters is 1. The molecule has 2 atom stereocenters. The fraction of sp³-hybridized carbons (Fsp3) is 0.436. The second-order valence-corrected chi connectivity index (χ2v) is 14.3. The summed E-state index contributed by atoms with van der Waals surface area (Å²) >= 11 is 0. The lowest BCUT2D eigenvalue weighted by atomic mass is 9.94. The topological polar surface area (TPSA) is 139 Å². The second kappa shape index (κ2) is 16.5. The van der Waals surface area contributed by atoms with Crippen LogP contribution in [-0.2, 0) is 40.1 Å². The summed E-state index contributed by atoms with van der Waals surface area (Å²) in [6.07, 6.45) is -2.74. The van der Waals surface area contributed by atoms with Gasteiger partial charge in [-0.2, -0.15) is 13.2 Å². The van der Waals surface area contributed by atoms with Crippen LogP contribution in [0, 0.1) is 24.5 Å². The summed E-state index contributed by atoms with van der Waals surface area (Å²) < 4.78 is 95.5. The van der Waals surface area contributed by atoms with Crippen LogP contribution in [0.2, 0.25) is 0 Å². The van der Waals surface area contributed by atoms with Gasteiger partial charge in [0, 0.05) is 55.8 Å². The van der Waals surface area contributed by atoms with Crippen molar-refractivity contribution in [2.45, 2.75) is 77.1 Å². The van der Waals surface area contributed by atoms with E-state index in [1.807, 2.05) is 0 Å². The monoisotopic (exact) mass is 789 g/mol. The Labute approximate surface area is 316 Å². The normalized spacial score (nSPS) is 16.0. The molecule has 1 aliphatic heterocycles. The van der Waals surface area contributed by atoms with E-state index >= 15 is 8.78 Å². The second-order valence-electron chi connectivity index (χ2n) is 14.3. The first kappa shape index (κ1) is 40.5. The third kappa shape index (κ3) is 9.10. The molecular formula is C39H41F6N5O6. The van der Waals surface area contributed by atoms with Crippen LogP contribution in [0.15, 0.2) is 58.4 Å². The number of rotatable bonds is 15. The minimum absolute atomic E-state index is 0.00491. The molecule has 3 N–H and O–H groups in total. The van der Waals surface area contributed by atoms with Crippen molar-refractivity contribution < 1.29 is 45.8 Å². The van der Waals surface area contributed by atoms with Crippen LogP contribution >= 0.6 is 0 Å². The number of hydrogen-bond acceptors (Lipinski definition) is 7. The highest BCUT2D eigenvalue weighted by Gasteiger charge is 2.38. The largest absolute Gasteiger partial charge is 0.466 e.